The normalized spacial score (nSPS) is 10.7. The summed E-state index contributed by atoms with van der Waals surface area (Å²) in [5, 5.41) is 5.48. The number of terminal acetylenes is 1. The number of rotatable bonds is 6. The minimum Gasteiger partial charge on any atom is -0.312 e. The summed E-state index contributed by atoms with van der Waals surface area (Å²) >= 11 is 8.13. The van der Waals surface area contributed by atoms with Crippen molar-refractivity contribution in [2.45, 2.75) is 25.8 Å². The third kappa shape index (κ3) is 3.26. The average Bonchev–Trinajstić information content (AvgIpc) is 2.71. The predicted molar refractivity (Wildman–Crippen MR) is 81.2 cm³/mol. The largest absolute Gasteiger partial charge is 0.312 e. The summed E-state index contributed by atoms with van der Waals surface area (Å²) in [4.78, 5) is 1.22. The second-order valence-corrected chi connectivity index (χ2v) is 5.69. The minimum absolute atomic E-state index is 0.842. The van der Waals surface area contributed by atoms with Gasteiger partial charge >= 0.3 is 0 Å². The van der Waals surface area contributed by atoms with Gasteiger partial charge in [0, 0.05) is 27.9 Å². The van der Waals surface area contributed by atoms with E-state index in [2.05, 4.69) is 23.4 Å². The van der Waals surface area contributed by atoms with Crippen molar-refractivity contribution in [3.63, 3.8) is 0 Å². The molecule has 0 saturated carbocycles. The van der Waals surface area contributed by atoms with Gasteiger partial charge in [0.05, 0.1) is 5.02 Å². The molecule has 2 rings (SSSR count). The van der Waals surface area contributed by atoms with Crippen LogP contribution in [0.1, 0.15) is 24.1 Å². The fourth-order valence-electron chi connectivity index (χ4n) is 1.86. The first kappa shape index (κ1) is 13.4. The monoisotopic (exact) mass is 277 g/mol. The predicted octanol–water partition coefficient (Wildman–Crippen LogP) is 4.45. The van der Waals surface area contributed by atoms with E-state index in [1.807, 2.05) is 12.1 Å². The molecule has 0 spiro atoms. The average molecular weight is 278 g/mol. The van der Waals surface area contributed by atoms with Crippen LogP contribution in [0.5, 0.6) is 0 Å². The van der Waals surface area contributed by atoms with Gasteiger partial charge in [-0.15, -0.1) is 23.7 Å². The quantitative estimate of drug-likeness (QED) is 0.608. The standard InChI is InChI=1S/C15H16ClNS/c1-2-3-4-7-10-17-11-14-15(16)12-8-5-6-9-13(12)18-14/h1,5-6,8-9,17H,3-4,7,10-11H2. The summed E-state index contributed by atoms with van der Waals surface area (Å²) in [7, 11) is 0. The summed E-state index contributed by atoms with van der Waals surface area (Å²) < 4.78 is 1.26. The molecule has 0 fully saturated rings. The molecule has 0 radical (unpaired) electrons. The topological polar surface area (TPSA) is 12.0 Å². The lowest BCUT2D eigenvalue weighted by atomic mass is 10.2. The van der Waals surface area contributed by atoms with Crippen molar-refractivity contribution in [3.8, 4) is 12.3 Å². The molecule has 2 aromatic rings. The van der Waals surface area contributed by atoms with E-state index in [1.54, 1.807) is 11.3 Å². The van der Waals surface area contributed by atoms with E-state index in [0.29, 0.717) is 0 Å². The Morgan fingerprint density at radius 3 is 2.89 bits per heavy atom. The maximum atomic E-state index is 6.36. The van der Waals surface area contributed by atoms with Crippen LogP contribution < -0.4 is 5.32 Å². The van der Waals surface area contributed by atoms with Crippen molar-refractivity contribution in [2.24, 2.45) is 0 Å². The molecule has 0 aliphatic heterocycles. The van der Waals surface area contributed by atoms with E-state index in [4.69, 9.17) is 18.0 Å². The van der Waals surface area contributed by atoms with Crippen LogP contribution in [-0.4, -0.2) is 6.54 Å². The maximum absolute atomic E-state index is 6.36. The van der Waals surface area contributed by atoms with Gasteiger partial charge in [0.1, 0.15) is 0 Å². The Morgan fingerprint density at radius 2 is 2.11 bits per heavy atom. The van der Waals surface area contributed by atoms with Gasteiger partial charge in [-0.05, 0) is 25.5 Å². The highest BCUT2D eigenvalue weighted by Crippen LogP contribution is 2.34. The molecule has 0 aliphatic rings. The van der Waals surface area contributed by atoms with E-state index in [-0.39, 0.29) is 0 Å². The SMILES string of the molecule is C#CCCCCNCc1sc2ccccc2c1Cl. The van der Waals surface area contributed by atoms with Gasteiger partial charge in [-0.3, -0.25) is 0 Å². The molecule has 18 heavy (non-hydrogen) atoms. The van der Waals surface area contributed by atoms with Gasteiger partial charge < -0.3 is 5.32 Å². The van der Waals surface area contributed by atoms with Gasteiger partial charge in [-0.2, -0.15) is 0 Å². The van der Waals surface area contributed by atoms with Gasteiger partial charge in [0.2, 0.25) is 0 Å². The molecule has 0 bridgehead atoms. The molecule has 1 heterocycles. The number of hydrogen-bond acceptors (Lipinski definition) is 2. The Bertz CT molecular complexity index is 553. The summed E-state index contributed by atoms with van der Waals surface area (Å²) in [6, 6.07) is 8.26. The van der Waals surface area contributed by atoms with Crippen LogP contribution in [0, 0.1) is 12.3 Å². The number of benzene rings is 1. The van der Waals surface area contributed by atoms with Crippen LogP contribution in [-0.2, 0) is 6.54 Å². The van der Waals surface area contributed by atoms with Crippen molar-refractivity contribution in [2.75, 3.05) is 6.54 Å². The molecule has 1 N–H and O–H groups in total. The zero-order chi connectivity index (χ0) is 12.8. The number of fused-ring (bicyclic) bond motifs is 1. The molecule has 0 unspecified atom stereocenters. The molecule has 0 atom stereocenters. The Morgan fingerprint density at radius 1 is 1.28 bits per heavy atom. The first-order valence-electron chi connectivity index (χ1n) is 6.13. The van der Waals surface area contributed by atoms with Gasteiger partial charge in [0.25, 0.3) is 0 Å². The zero-order valence-corrected chi connectivity index (χ0v) is 11.8. The lowest BCUT2D eigenvalue weighted by molar-refractivity contribution is 0.634. The third-order valence-corrected chi connectivity index (χ3v) is 4.53. The van der Waals surface area contributed by atoms with Crippen molar-refractivity contribution < 1.29 is 0 Å². The molecule has 1 nitrogen and oxygen atoms in total. The summed E-state index contributed by atoms with van der Waals surface area (Å²) in [5.41, 5.74) is 0. The highest BCUT2D eigenvalue weighted by molar-refractivity contribution is 7.19. The molecule has 94 valence electrons. The number of thiophene rings is 1. The smallest absolute Gasteiger partial charge is 0.0636 e. The number of halogens is 1. The first-order chi connectivity index (χ1) is 8.83. The van der Waals surface area contributed by atoms with Gasteiger partial charge in [-0.1, -0.05) is 29.8 Å². The Balaban J connectivity index is 1.88. The Kier molecular flexibility index (Phi) is 5.07. The summed E-state index contributed by atoms with van der Waals surface area (Å²) in [5.74, 6) is 2.66. The maximum Gasteiger partial charge on any atom is 0.0636 e. The summed E-state index contributed by atoms with van der Waals surface area (Å²) in [6.45, 7) is 1.83. The third-order valence-electron chi connectivity index (χ3n) is 2.81. The Hall–Kier alpha value is -1.01. The van der Waals surface area contributed by atoms with E-state index in [1.165, 1.54) is 9.58 Å². The van der Waals surface area contributed by atoms with Crippen molar-refractivity contribution in [1.29, 1.82) is 0 Å². The molecule has 3 heteroatoms. The number of unbranched alkanes of at least 4 members (excludes halogenated alkanes) is 2. The molecule has 1 aromatic heterocycles. The van der Waals surface area contributed by atoms with E-state index in [0.717, 1.165) is 42.8 Å². The second-order valence-electron chi connectivity index (χ2n) is 4.17. The van der Waals surface area contributed by atoms with E-state index < -0.39 is 0 Å². The van der Waals surface area contributed by atoms with Crippen LogP contribution in [0.2, 0.25) is 5.02 Å². The lowest BCUT2D eigenvalue weighted by Crippen LogP contribution is -2.13. The van der Waals surface area contributed by atoms with Crippen molar-refractivity contribution >= 4 is 33.0 Å². The van der Waals surface area contributed by atoms with Crippen LogP contribution in [0.25, 0.3) is 10.1 Å². The van der Waals surface area contributed by atoms with Crippen molar-refractivity contribution in [1.82, 2.24) is 5.32 Å². The van der Waals surface area contributed by atoms with Crippen molar-refractivity contribution in [3.05, 3.63) is 34.2 Å². The fraction of sp³-hybridized carbons (Fsp3) is 0.333. The number of nitrogens with one attached hydrogen (secondary N) is 1. The van der Waals surface area contributed by atoms with E-state index >= 15 is 0 Å². The van der Waals surface area contributed by atoms with E-state index in [9.17, 15) is 0 Å². The highest BCUT2D eigenvalue weighted by Gasteiger charge is 2.08. The first-order valence-corrected chi connectivity index (χ1v) is 7.32. The lowest BCUT2D eigenvalue weighted by Gasteiger charge is -2.02. The van der Waals surface area contributed by atoms with Crippen LogP contribution >= 0.6 is 22.9 Å². The van der Waals surface area contributed by atoms with Crippen LogP contribution in [0.15, 0.2) is 24.3 Å². The molecule has 0 saturated heterocycles. The summed E-state index contributed by atoms with van der Waals surface area (Å²) in [6.07, 6.45) is 8.28. The number of hydrogen-bond donors (Lipinski definition) is 1. The van der Waals surface area contributed by atoms with Gasteiger partial charge in [-0.25, -0.2) is 0 Å². The molecular formula is C15H16ClNS. The molecule has 0 amide bonds. The zero-order valence-electron chi connectivity index (χ0n) is 10.2. The fourth-order valence-corrected chi connectivity index (χ4v) is 3.33. The second kappa shape index (κ2) is 6.80. The van der Waals surface area contributed by atoms with Gasteiger partial charge in [0.15, 0.2) is 0 Å². The Labute approximate surface area is 117 Å². The van der Waals surface area contributed by atoms with Crippen LogP contribution in [0.4, 0.5) is 0 Å². The molecule has 0 aliphatic carbocycles. The molecular weight excluding hydrogens is 262 g/mol. The van der Waals surface area contributed by atoms with Crippen LogP contribution in [0.3, 0.4) is 0 Å². The molecule has 1 aromatic carbocycles. The minimum atomic E-state index is 0.842. The highest BCUT2D eigenvalue weighted by atomic mass is 35.5.